The third kappa shape index (κ3) is 5.09. The molecule has 0 aromatic heterocycles. The fraction of sp³-hybridized carbons (Fsp3) is 0.400. The Morgan fingerprint density at radius 3 is 2.59 bits per heavy atom. The summed E-state index contributed by atoms with van der Waals surface area (Å²) in [5.74, 6) is -3.63. The molecular formula is C20H22N2O6S. The quantitative estimate of drug-likeness (QED) is 0.504. The molecule has 0 saturated carbocycles. The van der Waals surface area contributed by atoms with Crippen LogP contribution in [0.1, 0.15) is 25.3 Å². The predicted octanol–water partition coefficient (Wildman–Crippen LogP) is 2.12. The number of allylic oxidation sites excluding steroid dienone is 1. The minimum Gasteiger partial charge on any atom is -0.494 e. The van der Waals surface area contributed by atoms with E-state index in [-0.39, 0.29) is 23.0 Å². The highest BCUT2D eigenvalue weighted by molar-refractivity contribution is 8.03. The Hall–Kier alpha value is -2.99. The number of methoxy groups -OCH3 is 1. The summed E-state index contributed by atoms with van der Waals surface area (Å²) >= 11 is 0.969. The molecule has 154 valence electrons. The zero-order valence-corrected chi connectivity index (χ0v) is 17.2. The average molecular weight is 418 g/mol. The number of hydrogen-bond donors (Lipinski definition) is 1. The number of benzene rings is 1. The van der Waals surface area contributed by atoms with Gasteiger partial charge in [0.1, 0.15) is 11.7 Å². The van der Waals surface area contributed by atoms with Gasteiger partial charge in [0, 0.05) is 11.5 Å². The molecule has 1 aromatic carbocycles. The highest BCUT2D eigenvalue weighted by Crippen LogP contribution is 2.43. The first kappa shape index (κ1) is 22.3. The molecule has 1 aliphatic rings. The van der Waals surface area contributed by atoms with E-state index in [1.807, 2.05) is 6.92 Å². The normalized spacial score (nSPS) is 18.5. The standard InChI is InChI=1S/C20H22N2O6S/c1-4-27-14-9-7-6-8-12(14)16-13(10-21)19(29-11-15(23)26-3)22-18(24)17(16)20(25)28-5-2/h6-9,16-17H,4-5,11H2,1-3H3,(H,22,24)/t16-,17+/m1/s1. The molecule has 8 nitrogen and oxygen atoms in total. The third-order valence-electron chi connectivity index (χ3n) is 4.19. The van der Waals surface area contributed by atoms with E-state index in [0.29, 0.717) is 17.9 Å². The molecule has 1 aliphatic heterocycles. The van der Waals surface area contributed by atoms with Gasteiger partial charge in [-0.05, 0) is 19.9 Å². The number of rotatable bonds is 8. The minimum atomic E-state index is -1.26. The first-order valence-electron chi connectivity index (χ1n) is 9.01. The molecule has 0 bridgehead atoms. The number of nitriles is 1. The van der Waals surface area contributed by atoms with Crippen LogP contribution >= 0.6 is 11.8 Å². The Labute approximate surface area is 173 Å². The van der Waals surface area contributed by atoms with Crippen molar-refractivity contribution in [3.05, 3.63) is 40.4 Å². The summed E-state index contributed by atoms with van der Waals surface area (Å²) in [7, 11) is 1.25. The average Bonchev–Trinajstić information content (AvgIpc) is 2.72. The lowest BCUT2D eigenvalue weighted by Gasteiger charge is -2.31. The third-order valence-corrected chi connectivity index (χ3v) is 5.18. The number of carbonyl (C=O) groups is 3. The molecule has 0 radical (unpaired) electrons. The number of esters is 2. The minimum absolute atomic E-state index is 0.0952. The Morgan fingerprint density at radius 2 is 1.97 bits per heavy atom. The summed E-state index contributed by atoms with van der Waals surface area (Å²) in [5, 5.41) is 12.6. The Morgan fingerprint density at radius 1 is 1.24 bits per heavy atom. The number of nitrogens with zero attached hydrogens (tertiary/aromatic N) is 1. The Bertz CT molecular complexity index is 861. The smallest absolute Gasteiger partial charge is 0.319 e. The van der Waals surface area contributed by atoms with E-state index in [9.17, 15) is 19.6 Å². The van der Waals surface area contributed by atoms with E-state index in [2.05, 4.69) is 16.1 Å². The van der Waals surface area contributed by atoms with Crippen LogP contribution in [0.25, 0.3) is 0 Å². The number of thioether (sulfide) groups is 1. The monoisotopic (exact) mass is 418 g/mol. The van der Waals surface area contributed by atoms with Crippen molar-refractivity contribution < 1.29 is 28.6 Å². The van der Waals surface area contributed by atoms with Gasteiger partial charge in [0.2, 0.25) is 5.91 Å². The van der Waals surface area contributed by atoms with Crippen LogP contribution in [0.2, 0.25) is 0 Å². The summed E-state index contributed by atoms with van der Waals surface area (Å²) in [6.07, 6.45) is 0. The lowest BCUT2D eigenvalue weighted by Crippen LogP contribution is -2.44. The molecule has 0 spiro atoms. The zero-order chi connectivity index (χ0) is 21.4. The zero-order valence-electron chi connectivity index (χ0n) is 16.4. The summed E-state index contributed by atoms with van der Waals surface area (Å²) in [4.78, 5) is 37.0. The van der Waals surface area contributed by atoms with Crippen LogP contribution in [0, 0.1) is 17.2 Å². The summed E-state index contributed by atoms with van der Waals surface area (Å²) < 4.78 is 15.4. The molecule has 1 aromatic rings. The summed E-state index contributed by atoms with van der Waals surface area (Å²) in [6, 6.07) is 9.01. The van der Waals surface area contributed by atoms with Crippen molar-refractivity contribution in [3.8, 4) is 11.8 Å². The van der Waals surface area contributed by atoms with E-state index in [0.717, 1.165) is 11.8 Å². The number of carbonyl (C=O) groups excluding carboxylic acids is 3. The van der Waals surface area contributed by atoms with E-state index < -0.39 is 29.7 Å². The maximum absolute atomic E-state index is 12.8. The van der Waals surface area contributed by atoms with E-state index in [4.69, 9.17) is 9.47 Å². The van der Waals surface area contributed by atoms with E-state index in [1.54, 1.807) is 31.2 Å². The fourth-order valence-electron chi connectivity index (χ4n) is 2.98. The lowest BCUT2D eigenvalue weighted by atomic mass is 9.78. The molecule has 0 unspecified atom stereocenters. The number of hydrogen-bond acceptors (Lipinski definition) is 8. The Balaban J connectivity index is 2.61. The van der Waals surface area contributed by atoms with Crippen molar-refractivity contribution in [3.63, 3.8) is 0 Å². The topological polar surface area (TPSA) is 115 Å². The van der Waals surface area contributed by atoms with Crippen LogP contribution in [0.15, 0.2) is 34.9 Å². The number of amides is 1. The van der Waals surface area contributed by atoms with E-state index in [1.165, 1.54) is 7.11 Å². The number of ether oxygens (including phenoxy) is 3. The second kappa shape index (κ2) is 10.5. The maximum Gasteiger partial charge on any atom is 0.319 e. The van der Waals surface area contributed by atoms with Gasteiger partial charge in [0.05, 0.1) is 42.7 Å². The maximum atomic E-state index is 12.8. The first-order valence-corrected chi connectivity index (χ1v) is 10.00. The van der Waals surface area contributed by atoms with Crippen LogP contribution in [0.5, 0.6) is 5.75 Å². The van der Waals surface area contributed by atoms with Gasteiger partial charge in [-0.1, -0.05) is 30.0 Å². The van der Waals surface area contributed by atoms with Crippen LogP contribution in [0.4, 0.5) is 0 Å². The van der Waals surface area contributed by atoms with Crippen LogP contribution in [-0.4, -0.2) is 43.9 Å². The van der Waals surface area contributed by atoms with Crippen LogP contribution in [-0.2, 0) is 23.9 Å². The second-order valence-electron chi connectivity index (χ2n) is 5.89. The molecular weight excluding hydrogens is 396 g/mol. The first-order chi connectivity index (χ1) is 14.0. The molecule has 1 amide bonds. The largest absolute Gasteiger partial charge is 0.494 e. The SMILES string of the molecule is CCOC(=O)[C@@H]1C(=O)NC(SCC(=O)OC)=C(C#N)[C@H]1c1ccccc1OCC. The highest BCUT2D eigenvalue weighted by atomic mass is 32.2. The van der Waals surface area contributed by atoms with Crippen molar-refractivity contribution in [1.82, 2.24) is 5.32 Å². The molecule has 2 rings (SSSR count). The predicted molar refractivity (Wildman–Crippen MR) is 106 cm³/mol. The number of nitrogens with one attached hydrogen (secondary N) is 1. The highest BCUT2D eigenvalue weighted by Gasteiger charge is 2.45. The van der Waals surface area contributed by atoms with E-state index >= 15 is 0 Å². The molecule has 1 heterocycles. The van der Waals surface area contributed by atoms with Gasteiger partial charge in [0.25, 0.3) is 0 Å². The molecule has 0 fully saturated rings. The van der Waals surface area contributed by atoms with Gasteiger partial charge in [-0.3, -0.25) is 14.4 Å². The Kier molecular flexibility index (Phi) is 8.09. The molecule has 29 heavy (non-hydrogen) atoms. The molecule has 9 heteroatoms. The van der Waals surface area contributed by atoms with Crippen molar-refractivity contribution >= 4 is 29.6 Å². The van der Waals surface area contributed by atoms with Crippen molar-refractivity contribution in [2.45, 2.75) is 19.8 Å². The molecule has 0 aliphatic carbocycles. The fourth-order valence-corrected chi connectivity index (χ4v) is 3.86. The summed E-state index contributed by atoms with van der Waals surface area (Å²) in [5.41, 5.74) is 0.679. The van der Waals surface area contributed by atoms with Gasteiger partial charge in [-0.2, -0.15) is 5.26 Å². The van der Waals surface area contributed by atoms with Crippen molar-refractivity contribution in [2.24, 2.45) is 5.92 Å². The van der Waals surface area contributed by atoms with Crippen molar-refractivity contribution in [1.29, 1.82) is 5.26 Å². The second-order valence-corrected chi connectivity index (χ2v) is 6.87. The summed E-state index contributed by atoms with van der Waals surface area (Å²) in [6.45, 7) is 3.92. The number of para-hydroxylation sites is 1. The van der Waals surface area contributed by atoms with Crippen molar-refractivity contribution in [2.75, 3.05) is 26.1 Å². The molecule has 1 N–H and O–H groups in total. The molecule has 0 saturated heterocycles. The lowest BCUT2D eigenvalue weighted by molar-refractivity contribution is -0.153. The van der Waals surface area contributed by atoms with Gasteiger partial charge >= 0.3 is 11.9 Å². The van der Waals surface area contributed by atoms with Gasteiger partial charge in [-0.25, -0.2) is 0 Å². The van der Waals surface area contributed by atoms with Gasteiger partial charge in [0.15, 0.2) is 0 Å². The molecule has 2 atom stereocenters. The van der Waals surface area contributed by atoms with Gasteiger partial charge < -0.3 is 19.5 Å². The van der Waals surface area contributed by atoms with Gasteiger partial charge in [-0.15, -0.1) is 0 Å². The van der Waals surface area contributed by atoms with Crippen LogP contribution < -0.4 is 10.1 Å². The van der Waals surface area contributed by atoms with Crippen LogP contribution in [0.3, 0.4) is 0 Å².